The second-order valence-electron chi connectivity index (χ2n) is 6.85. The number of piperidine rings is 1. The van der Waals surface area contributed by atoms with Gasteiger partial charge in [0.1, 0.15) is 5.75 Å². The molecule has 2 aromatic rings. The summed E-state index contributed by atoms with van der Waals surface area (Å²) in [6, 6.07) is 17.5. The predicted molar refractivity (Wildman–Crippen MR) is 101 cm³/mol. The highest BCUT2D eigenvalue weighted by atomic mass is 16.5. The van der Waals surface area contributed by atoms with E-state index >= 15 is 0 Å². The topological polar surface area (TPSA) is 46.6 Å². The molecule has 3 rings (SSSR count). The molecule has 2 aromatic carbocycles. The van der Waals surface area contributed by atoms with E-state index in [1.165, 1.54) is 12.5 Å². The molecule has 1 saturated heterocycles. The van der Waals surface area contributed by atoms with Gasteiger partial charge in [0.05, 0.1) is 5.56 Å². The zero-order valence-electron chi connectivity index (χ0n) is 15.2. The Balaban J connectivity index is 1.55. The molecule has 0 unspecified atom stereocenters. The average Bonchev–Trinajstić information content (AvgIpc) is 2.67. The van der Waals surface area contributed by atoms with Crippen LogP contribution in [0.2, 0.25) is 0 Å². The molecule has 136 valence electrons. The molecule has 0 N–H and O–H groups in total. The highest BCUT2D eigenvalue weighted by Gasteiger charge is 2.25. The Kier molecular flexibility index (Phi) is 6.05. The first-order valence-corrected chi connectivity index (χ1v) is 9.24. The Morgan fingerprint density at radius 1 is 1.00 bits per heavy atom. The van der Waals surface area contributed by atoms with Crippen molar-refractivity contribution in [3.05, 3.63) is 65.7 Å². The number of carbonyl (C=O) groups is 2. The molecule has 0 atom stereocenters. The lowest BCUT2D eigenvalue weighted by Gasteiger charge is -2.32. The zero-order chi connectivity index (χ0) is 18.4. The lowest BCUT2D eigenvalue weighted by Crippen LogP contribution is -2.38. The normalized spacial score (nSPS) is 14.9. The van der Waals surface area contributed by atoms with Gasteiger partial charge >= 0.3 is 5.97 Å². The number of benzene rings is 2. The Labute approximate surface area is 154 Å². The number of ether oxygens (including phenoxy) is 1. The third-order valence-electron chi connectivity index (χ3n) is 4.96. The molecule has 0 radical (unpaired) electrons. The van der Waals surface area contributed by atoms with Crippen LogP contribution >= 0.6 is 0 Å². The van der Waals surface area contributed by atoms with E-state index in [0.717, 1.165) is 38.8 Å². The minimum Gasteiger partial charge on any atom is -0.426 e. The molecule has 0 bridgehead atoms. The first kappa shape index (κ1) is 18.2. The zero-order valence-corrected chi connectivity index (χ0v) is 15.2. The van der Waals surface area contributed by atoms with Crippen molar-refractivity contribution in [3.63, 3.8) is 0 Å². The minimum absolute atomic E-state index is 0.0524. The van der Waals surface area contributed by atoms with E-state index in [1.807, 2.05) is 11.0 Å². The molecule has 1 amide bonds. The molecule has 0 aromatic heterocycles. The van der Waals surface area contributed by atoms with E-state index in [4.69, 9.17) is 4.74 Å². The molecular formula is C22H25NO3. The molecule has 4 nitrogen and oxygen atoms in total. The monoisotopic (exact) mass is 351 g/mol. The summed E-state index contributed by atoms with van der Waals surface area (Å²) in [5.41, 5.74) is 1.84. The number of amides is 1. The van der Waals surface area contributed by atoms with E-state index in [-0.39, 0.29) is 5.91 Å². The van der Waals surface area contributed by atoms with E-state index in [9.17, 15) is 9.59 Å². The number of likely N-dealkylation sites (tertiary alicyclic amines) is 1. The molecule has 1 heterocycles. The van der Waals surface area contributed by atoms with Crippen molar-refractivity contribution in [3.8, 4) is 5.75 Å². The number of hydrogen-bond acceptors (Lipinski definition) is 3. The smallest absolute Gasteiger partial charge is 0.308 e. The summed E-state index contributed by atoms with van der Waals surface area (Å²) < 4.78 is 5.18. The van der Waals surface area contributed by atoms with Crippen molar-refractivity contribution in [2.45, 2.75) is 32.6 Å². The van der Waals surface area contributed by atoms with Crippen LogP contribution in [0.25, 0.3) is 0 Å². The SMILES string of the molecule is CC(=O)Oc1ccccc1C(=O)N1CCC(CCc2ccccc2)CC1. The van der Waals surface area contributed by atoms with Crippen LogP contribution in [0.1, 0.15) is 42.1 Å². The van der Waals surface area contributed by atoms with Gasteiger partial charge in [-0.3, -0.25) is 9.59 Å². The Bertz CT molecular complexity index is 749. The summed E-state index contributed by atoms with van der Waals surface area (Å²) in [5, 5.41) is 0. The lowest BCUT2D eigenvalue weighted by molar-refractivity contribution is -0.131. The van der Waals surface area contributed by atoms with Gasteiger partial charge in [0.15, 0.2) is 0 Å². The Morgan fingerprint density at radius 2 is 1.65 bits per heavy atom. The molecular weight excluding hydrogens is 326 g/mol. The highest BCUT2D eigenvalue weighted by Crippen LogP contribution is 2.26. The molecule has 1 aliphatic rings. The fraction of sp³-hybridized carbons (Fsp3) is 0.364. The summed E-state index contributed by atoms with van der Waals surface area (Å²) in [6.45, 7) is 2.86. The fourth-order valence-electron chi connectivity index (χ4n) is 3.50. The van der Waals surface area contributed by atoms with Crippen molar-refractivity contribution < 1.29 is 14.3 Å². The van der Waals surface area contributed by atoms with Crippen LogP contribution in [0.15, 0.2) is 54.6 Å². The maximum atomic E-state index is 12.8. The first-order valence-electron chi connectivity index (χ1n) is 9.24. The lowest BCUT2D eigenvalue weighted by atomic mass is 9.90. The number of hydrogen-bond donors (Lipinski definition) is 0. The summed E-state index contributed by atoms with van der Waals surface area (Å²) in [5.74, 6) is 0.535. The minimum atomic E-state index is -0.412. The summed E-state index contributed by atoms with van der Waals surface area (Å²) >= 11 is 0. The Morgan fingerprint density at radius 3 is 2.35 bits per heavy atom. The van der Waals surface area contributed by atoms with Crippen LogP contribution in [-0.4, -0.2) is 29.9 Å². The summed E-state index contributed by atoms with van der Waals surface area (Å²) in [7, 11) is 0. The van der Waals surface area contributed by atoms with Gasteiger partial charge in [-0.2, -0.15) is 0 Å². The van der Waals surface area contributed by atoms with Crippen molar-refractivity contribution >= 4 is 11.9 Å². The van der Waals surface area contributed by atoms with Crippen molar-refractivity contribution in [2.24, 2.45) is 5.92 Å². The van der Waals surface area contributed by atoms with Gasteiger partial charge in [-0.15, -0.1) is 0 Å². The molecule has 26 heavy (non-hydrogen) atoms. The van der Waals surface area contributed by atoms with E-state index in [2.05, 4.69) is 24.3 Å². The summed E-state index contributed by atoms with van der Waals surface area (Å²) in [4.78, 5) is 25.9. The average molecular weight is 351 g/mol. The van der Waals surface area contributed by atoms with Gasteiger partial charge in [-0.25, -0.2) is 0 Å². The molecule has 0 aliphatic carbocycles. The standard InChI is InChI=1S/C22H25NO3/c1-17(24)26-21-10-6-5-9-20(21)22(25)23-15-13-19(14-16-23)12-11-18-7-3-2-4-8-18/h2-10,19H,11-16H2,1H3. The van der Waals surface area contributed by atoms with E-state index in [0.29, 0.717) is 17.2 Å². The predicted octanol–water partition coefficient (Wildman–Crippen LogP) is 4.10. The van der Waals surface area contributed by atoms with Crippen LogP contribution in [0, 0.1) is 5.92 Å². The second-order valence-corrected chi connectivity index (χ2v) is 6.85. The Hall–Kier alpha value is -2.62. The number of para-hydroxylation sites is 1. The number of carbonyl (C=O) groups excluding carboxylic acids is 2. The number of esters is 1. The molecule has 0 spiro atoms. The maximum absolute atomic E-state index is 12.8. The van der Waals surface area contributed by atoms with Crippen LogP contribution in [0.5, 0.6) is 5.75 Å². The highest BCUT2D eigenvalue weighted by molar-refractivity contribution is 5.97. The van der Waals surface area contributed by atoms with Crippen LogP contribution in [0.4, 0.5) is 0 Å². The van der Waals surface area contributed by atoms with E-state index in [1.54, 1.807) is 24.3 Å². The third-order valence-corrected chi connectivity index (χ3v) is 4.96. The molecule has 1 aliphatic heterocycles. The second kappa shape index (κ2) is 8.65. The number of rotatable bonds is 5. The number of nitrogens with zero attached hydrogens (tertiary/aromatic N) is 1. The fourth-order valence-corrected chi connectivity index (χ4v) is 3.50. The van der Waals surface area contributed by atoms with Gasteiger partial charge < -0.3 is 9.64 Å². The van der Waals surface area contributed by atoms with Crippen LogP contribution in [-0.2, 0) is 11.2 Å². The van der Waals surface area contributed by atoms with Crippen molar-refractivity contribution in [1.29, 1.82) is 0 Å². The maximum Gasteiger partial charge on any atom is 0.308 e. The van der Waals surface area contributed by atoms with Gasteiger partial charge in [-0.05, 0) is 49.3 Å². The van der Waals surface area contributed by atoms with Gasteiger partial charge in [0.2, 0.25) is 0 Å². The van der Waals surface area contributed by atoms with Gasteiger partial charge in [0.25, 0.3) is 5.91 Å². The third kappa shape index (κ3) is 4.72. The van der Waals surface area contributed by atoms with Gasteiger partial charge in [-0.1, -0.05) is 42.5 Å². The molecule has 1 fully saturated rings. The molecule has 4 heteroatoms. The van der Waals surface area contributed by atoms with E-state index < -0.39 is 5.97 Å². The quantitative estimate of drug-likeness (QED) is 0.602. The first-order chi connectivity index (χ1) is 12.6. The van der Waals surface area contributed by atoms with Crippen LogP contribution < -0.4 is 4.74 Å². The molecule has 0 saturated carbocycles. The number of aryl methyl sites for hydroxylation is 1. The van der Waals surface area contributed by atoms with Crippen molar-refractivity contribution in [2.75, 3.05) is 13.1 Å². The largest absolute Gasteiger partial charge is 0.426 e. The van der Waals surface area contributed by atoms with Crippen molar-refractivity contribution in [1.82, 2.24) is 4.90 Å². The summed E-state index contributed by atoms with van der Waals surface area (Å²) in [6.07, 6.45) is 4.30. The van der Waals surface area contributed by atoms with Gasteiger partial charge in [0, 0.05) is 20.0 Å². The van der Waals surface area contributed by atoms with Crippen LogP contribution in [0.3, 0.4) is 0 Å².